The summed E-state index contributed by atoms with van der Waals surface area (Å²) in [6.07, 6.45) is 0. The highest BCUT2D eigenvalue weighted by molar-refractivity contribution is 5.92. The summed E-state index contributed by atoms with van der Waals surface area (Å²) in [6.45, 7) is -1.35. The molecular formula is C18H18F4N2O2. The monoisotopic (exact) mass is 370 g/mol. The number of hydrogen-bond acceptors (Lipinski definition) is 3. The van der Waals surface area contributed by atoms with E-state index >= 15 is 0 Å². The zero-order valence-corrected chi connectivity index (χ0v) is 14.2. The average molecular weight is 370 g/mol. The van der Waals surface area contributed by atoms with Gasteiger partial charge in [-0.25, -0.2) is 8.78 Å². The van der Waals surface area contributed by atoms with E-state index < -0.39 is 30.2 Å². The lowest BCUT2D eigenvalue weighted by atomic mass is 10.1. The van der Waals surface area contributed by atoms with Gasteiger partial charge in [0.1, 0.15) is 17.4 Å². The number of rotatable bonds is 7. The van der Waals surface area contributed by atoms with Crippen LogP contribution in [0.4, 0.5) is 23.2 Å². The van der Waals surface area contributed by atoms with Crippen molar-refractivity contribution >= 4 is 11.6 Å². The third kappa shape index (κ3) is 5.45. The summed E-state index contributed by atoms with van der Waals surface area (Å²) in [5.41, 5.74) is 0.545. The van der Waals surface area contributed by atoms with Crippen molar-refractivity contribution in [3.05, 3.63) is 59.7 Å². The van der Waals surface area contributed by atoms with Crippen LogP contribution in [0, 0.1) is 11.6 Å². The molecule has 2 aromatic rings. The molecule has 1 atom stereocenters. The van der Waals surface area contributed by atoms with Gasteiger partial charge in [-0.1, -0.05) is 0 Å². The number of nitrogens with zero attached hydrogens (tertiary/aromatic N) is 1. The second kappa shape index (κ2) is 8.66. The molecule has 0 aromatic heterocycles. The molecule has 1 N–H and O–H groups in total. The van der Waals surface area contributed by atoms with Gasteiger partial charge in [-0.2, -0.15) is 8.78 Å². The third-order valence-corrected chi connectivity index (χ3v) is 3.83. The average Bonchev–Trinajstić information content (AvgIpc) is 2.57. The normalized spacial score (nSPS) is 12.3. The Hall–Kier alpha value is -2.61. The largest absolute Gasteiger partial charge is 0.435 e. The minimum atomic E-state index is -2.92. The summed E-state index contributed by atoms with van der Waals surface area (Å²) in [6, 6.07) is 8.08. The van der Waals surface area contributed by atoms with Crippen LogP contribution in [0.15, 0.2) is 42.5 Å². The molecule has 0 heterocycles. The van der Waals surface area contributed by atoms with E-state index in [1.807, 2.05) is 0 Å². The molecule has 1 amide bonds. The second-order valence-electron chi connectivity index (χ2n) is 5.71. The summed E-state index contributed by atoms with van der Waals surface area (Å²) in [4.78, 5) is 13.7. The third-order valence-electron chi connectivity index (χ3n) is 3.83. The quantitative estimate of drug-likeness (QED) is 0.743. The van der Waals surface area contributed by atoms with Crippen LogP contribution in [0.1, 0.15) is 18.5 Å². The van der Waals surface area contributed by atoms with E-state index in [4.69, 9.17) is 0 Å². The summed E-state index contributed by atoms with van der Waals surface area (Å²) in [7, 11) is 1.61. The lowest BCUT2D eigenvalue weighted by Gasteiger charge is -2.25. The Kier molecular flexibility index (Phi) is 6.57. The Morgan fingerprint density at radius 3 is 2.42 bits per heavy atom. The van der Waals surface area contributed by atoms with E-state index in [1.165, 1.54) is 24.3 Å². The van der Waals surface area contributed by atoms with Crippen molar-refractivity contribution in [2.45, 2.75) is 19.6 Å². The van der Waals surface area contributed by atoms with Gasteiger partial charge in [-0.3, -0.25) is 9.69 Å². The first-order chi connectivity index (χ1) is 12.3. The molecule has 0 aliphatic carbocycles. The molecule has 140 valence electrons. The zero-order chi connectivity index (χ0) is 19.3. The lowest BCUT2D eigenvalue weighted by molar-refractivity contribution is -0.117. The van der Waals surface area contributed by atoms with Gasteiger partial charge < -0.3 is 10.1 Å². The zero-order valence-electron chi connectivity index (χ0n) is 14.2. The van der Waals surface area contributed by atoms with E-state index in [0.29, 0.717) is 5.69 Å². The summed E-state index contributed by atoms with van der Waals surface area (Å²) in [5.74, 6) is -1.53. The number of ether oxygens (including phenoxy) is 1. The number of benzene rings is 2. The minimum Gasteiger partial charge on any atom is -0.435 e. The number of alkyl halides is 2. The van der Waals surface area contributed by atoms with E-state index in [-0.39, 0.29) is 17.9 Å². The fourth-order valence-electron chi connectivity index (χ4n) is 2.36. The van der Waals surface area contributed by atoms with Crippen LogP contribution in [-0.4, -0.2) is 31.0 Å². The molecule has 1 unspecified atom stereocenters. The smallest absolute Gasteiger partial charge is 0.387 e. The van der Waals surface area contributed by atoms with Gasteiger partial charge in [0, 0.05) is 17.3 Å². The number of hydrogen-bond donors (Lipinski definition) is 1. The molecule has 0 saturated heterocycles. The fraction of sp³-hybridized carbons (Fsp3) is 0.278. The highest BCUT2D eigenvalue weighted by atomic mass is 19.3. The standard InChI is InChI=1S/C18H18F4N2O2/c1-11(15-9-12(19)3-8-16(15)20)24(2)10-17(25)23-13-4-6-14(7-5-13)26-18(21)22/h3-9,11,18H,10H2,1-2H3,(H,23,25). The number of amides is 1. The van der Waals surface area contributed by atoms with Gasteiger partial charge in [0.05, 0.1) is 6.54 Å². The maximum absolute atomic E-state index is 13.8. The van der Waals surface area contributed by atoms with Crippen molar-refractivity contribution < 1.29 is 27.1 Å². The van der Waals surface area contributed by atoms with Crippen molar-refractivity contribution in [1.82, 2.24) is 4.90 Å². The number of likely N-dealkylation sites (N-methyl/N-ethyl adjacent to an activating group) is 1. The number of halogens is 4. The molecule has 0 bridgehead atoms. The lowest BCUT2D eigenvalue weighted by Crippen LogP contribution is -2.32. The molecule has 0 aliphatic heterocycles. The molecule has 8 heteroatoms. The summed E-state index contributed by atoms with van der Waals surface area (Å²) in [5, 5.41) is 2.59. The molecule has 0 spiro atoms. The van der Waals surface area contributed by atoms with Gasteiger partial charge >= 0.3 is 6.61 Å². The molecule has 0 aliphatic rings. The molecule has 2 rings (SSSR count). The van der Waals surface area contributed by atoms with E-state index in [9.17, 15) is 22.4 Å². The van der Waals surface area contributed by atoms with Crippen LogP contribution >= 0.6 is 0 Å². The molecule has 0 fully saturated rings. The van der Waals surface area contributed by atoms with E-state index in [1.54, 1.807) is 18.9 Å². The number of nitrogens with one attached hydrogen (secondary N) is 1. The molecular weight excluding hydrogens is 352 g/mol. The molecule has 4 nitrogen and oxygen atoms in total. The van der Waals surface area contributed by atoms with Gasteiger partial charge in [0.2, 0.25) is 5.91 Å². The highest BCUT2D eigenvalue weighted by Gasteiger charge is 2.19. The Labute approximate surface area is 148 Å². The second-order valence-corrected chi connectivity index (χ2v) is 5.71. The van der Waals surface area contributed by atoms with Crippen molar-refractivity contribution in [3.8, 4) is 5.75 Å². The first kappa shape index (κ1) is 19.7. The SMILES string of the molecule is CC(c1cc(F)ccc1F)N(C)CC(=O)Nc1ccc(OC(F)F)cc1. The van der Waals surface area contributed by atoms with Gasteiger partial charge in [-0.15, -0.1) is 0 Å². The topological polar surface area (TPSA) is 41.6 Å². The van der Waals surface area contributed by atoms with Crippen LogP contribution in [0.5, 0.6) is 5.75 Å². The van der Waals surface area contributed by atoms with Crippen molar-refractivity contribution in [3.63, 3.8) is 0 Å². The number of carbonyl (C=O) groups is 1. The predicted molar refractivity (Wildman–Crippen MR) is 89.1 cm³/mol. The van der Waals surface area contributed by atoms with Crippen LogP contribution < -0.4 is 10.1 Å². The molecule has 26 heavy (non-hydrogen) atoms. The van der Waals surface area contributed by atoms with Crippen molar-refractivity contribution in [2.75, 3.05) is 18.9 Å². The Morgan fingerprint density at radius 1 is 1.15 bits per heavy atom. The van der Waals surface area contributed by atoms with E-state index in [0.717, 1.165) is 18.2 Å². The van der Waals surface area contributed by atoms with Crippen LogP contribution in [0.3, 0.4) is 0 Å². The first-order valence-corrected chi connectivity index (χ1v) is 7.76. The van der Waals surface area contributed by atoms with Crippen molar-refractivity contribution in [2.24, 2.45) is 0 Å². The van der Waals surface area contributed by atoms with Crippen molar-refractivity contribution in [1.29, 1.82) is 0 Å². The van der Waals surface area contributed by atoms with Crippen LogP contribution in [0.25, 0.3) is 0 Å². The number of carbonyl (C=O) groups excluding carboxylic acids is 1. The molecule has 2 aromatic carbocycles. The summed E-state index contributed by atoms with van der Waals surface area (Å²) >= 11 is 0. The summed E-state index contributed by atoms with van der Waals surface area (Å²) < 4.78 is 55.6. The van der Waals surface area contributed by atoms with Gasteiger partial charge in [0.15, 0.2) is 0 Å². The first-order valence-electron chi connectivity index (χ1n) is 7.76. The molecule has 0 radical (unpaired) electrons. The maximum Gasteiger partial charge on any atom is 0.387 e. The maximum atomic E-state index is 13.8. The number of anilines is 1. The Balaban J connectivity index is 1.95. The van der Waals surface area contributed by atoms with Crippen LogP contribution in [0.2, 0.25) is 0 Å². The Bertz CT molecular complexity index is 753. The fourth-order valence-corrected chi connectivity index (χ4v) is 2.36. The minimum absolute atomic E-state index is 0.0229. The van der Waals surface area contributed by atoms with Gasteiger partial charge in [0.25, 0.3) is 0 Å². The van der Waals surface area contributed by atoms with Gasteiger partial charge in [-0.05, 0) is 56.4 Å². The highest BCUT2D eigenvalue weighted by Crippen LogP contribution is 2.23. The molecule has 0 saturated carbocycles. The Morgan fingerprint density at radius 2 is 1.81 bits per heavy atom. The van der Waals surface area contributed by atoms with Crippen LogP contribution in [-0.2, 0) is 4.79 Å². The van der Waals surface area contributed by atoms with E-state index in [2.05, 4.69) is 10.1 Å². The predicted octanol–water partition coefficient (Wildman–Crippen LogP) is 4.20.